The Labute approximate surface area is 162 Å². The quantitative estimate of drug-likeness (QED) is 0.757. The molecular weight excluding hydrogens is 338 g/mol. The van der Waals surface area contributed by atoms with Gasteiger partial charge in [-0.15, -0.1) is 0 Å². The molecule has 0 aromatic heterocycles. The lowest BCUT2D eigenvalue weighted by atomic mass is 9.85. The van der Waals surface area contributed by atoms with Crippen LogP contribution in [0.2, 0.25) is 0 Å². The Hall–Kier alpha value is -2.11. The van der Waals surface area contributed by atoms with E-state index >= 15 is 0 Å². The van der Waals surface area contributed by atoms with Crippen LogP contribution in [0, 0.1) is 5.92 Å². The number of likely N-dealkylation sites (N-methyl/N-ethyl adjacent to an activating group) is 1. The SMILES string of the molecule is CN1CCCCC1COC1(C)C=CC=CC1CNC(=O)c1ccc(N)cc1. The summed E-state index contributed by atoms with van der Waals surface area (Å²) >= 11 is 0. The first-order chi connectivity index (χ1) is 13.0. The third-order valence-corrected chi connectivity index (χ3v) is 5.78. The summed E-state index contributed by atoms with van der Waals surface area (Å²) in [6.07, 6.45) is 12.0. The number of benzene rings is 1. The lowest BCUT2D eigenvalue weighted by Crippen LogP contribution is -2.47. The average Bonchev–Trinajstić information content (AvgIpc) is 2.67. The van der Waals surface area contributed by atoms with Crippen molar-refractivity contribution in [2.24, 2.45) is 5.92 Å². The maximum atomic E-state index is 12.4. The highest BCUT2D eigenvalue weighted by Crippen LogP contribution is 2.29. The number of amides is 1. The van der Waals surface area contributed by atoms with Crippen LogP contribution >= 0.6 is 0 Å². The van der Waals surface area contributed by atoms with Gasteiger partial charge in [-0.25, -0.2) is 0 Å². The fourth-order valence-corrected chi connectivity index (χ4v) is 3.76. The first-order valence-corrected chi connectivity index (χ1v) is 9.82. The number of piperidine rings is 1. The molecule has 1 aliphatic carbocycles. The largest absolute Gasteiger partial charge is 0.399 e. The van der Waals surface area contributed by atoms with Gasteiger partial charge in [-0.3, -0.25) is 4.79 Å². The normalized spacial score (nSPS) is 28.2. The molecular formula is C22H31N3O2. The molecule has 1 aromatic carbocycles. The Balaban J connectivity index is 1.57. The fourth-order valence-electron chi connectivity index (χ4n) is 3.76. The summed E-state index contributed by atoms with van der Waals surface area (Å²) in [5, 5.41) is 3.03. The van der Waals surface area contributed by atoms with Gasteiger partial charge < -0.3 is 20.7 Å². The van der Waals surface area contributed by atoms with Crippen molar-refractivity contribution in [2.45, 2.75) is 37.8 Å². The van der Waals surface area contributed by atoms with Gasteiger partial charge in [0.15, 0.2) is 0 Å². The number of nitrogen functional groups attached to an aromatic ring is 1. The van der Waals surface area contributed by atoms with Gasteiger partial charge in [-0.2, -0.15) is 0 Å². The van der Waals surface area contributed by atoms with E-state index < -0.39 is 5.60 Å². The first-order valence-electron chi connectivity index (χ1n) is 9.82. The van der Waals surface area contributed by atoms with Gasteiger partial charge in [0.1, 0.15) is 0 Å². The van der Waals surface area contributed by atoms with E-state index in [0.29, 0.717) is 30.4 Å². The molecule has 1 heterocycles. The lowest BCUT2D eigenvalue weighted by Gasteiger charge is -2.39. The van der Waals surface area contributed by atoms with Gasteiger partial charge >= 0.3 is 0 Å². The molecule has 5 heteroatoms. The molecule has 2 aliphatic rings. The number of hydrogen-bond donors (Lipinski definition) is 2. The van der Waals surface area contributed by atoms with Crippen molar-refractivity contribution < 1.29 is 9.53 Å². The van der Waals surface area contributed by atoms with Crippen molar-refractivity contribution in [3.63, 3.8) is 0 Å². The van der Waals surface area contributed by atoms with Gasteiger partial charge in [0.25, 0.3) is 5.91 Å². The van der Waals surface area contributed by atoms with Crippen molar-refractivity contribution in [1.29, 1.82) is 0 Å². The summed E-state index contributed by atoms with van der Waals surface area (Å²) < 4.78 is 6.40. The van der Waals surface area contributed by atoms with Crippen molar-refractivity contribution in [1.82, 2.24) is 10.2 Å². The molecule has 0 spiro atoms. The second-order valence-corrected chi connectivity index (χ2v) is 7.81. The second kappa shape index (κ2) is 8.72. The van der Waals surface area contributed by atoms with Crippen LogP contribution in [0.15, 0.2) is 48.6 Å². The minimum atomic E-state index is -0.415. The molecule has 1 saturated heterocycles. The third kappa shape index (κ3) is 4.99. The standard InChI is InChI=1S/C22H31N3O2/c1-22(27-16-20-8-4-6-14-25(20)2)13-5-3-7-18(22)15-24-21(26)17-9-11-19(23)12-10-17/h3,5,7,9-13,18,20H,4,6,8,14-16,23H2,1-2H3,(H,24,26). The molecule has 1 amide bonds. The summed E-state index contributed by atoms with van der Waals surface area (Å²) in [4.78, 5) is 14.8. The van der Waals surface area contributed by atoms with E-state index in [4.69, 9.17) is 10.5 Å². The molecule has 3 N–H and O–H groups in total. The molecule has 0 radical (unpaired) electrons. The minimum absolute atomic E-state index is 0.0904. The Kier molecular flexibility index (Phi) is 6.34. The number of nitrogens with two attached hydrogens (primary N) is 1. The van der Waals surface area contributed by atoms with Crippen LogP contribution in [-0.4, -0.2) is 49.2 Å². The molecule has 3 atom stereocenters. The Morgan fingerprint density at radius 3 is 2.81 bits per heavy atom. The minimum Gasteiger partial charge on any atom is -0.399 e. The molecule has 0 saturated carbocycles. The van der Waals surface area contributed by atoms with Crippen LogP contribution in [-0.2, 0) is 4.74 Å². The maximum absolute atomic E-state index is 12.4. The van der Waals surface area contributed by atoms with Gasteiger partial charge in [0.05, 0.1) is 12.2 Å². The van der Waals surface area contributed by atoms with E-state index in [2.05, 4.69) is 36.3 Å². The summed E-state index contributed by atoms with van der Waals surface area (Å²) in [5.74, 6) is 0.00134. The third-order valence-electron chi connectivity index (χ3n) is 5.78. The lowest BCUT2D eigenvalue weighted by molar-refractivity contribution is -0.0537. The van der Waals surface area contributed by atoms with Crippen molar-refractivity contribution in [3.05, 3.63) is 54.1 Å². The van der Waals surface area contributed by atoms with Crippen molar-refractivity contribution in [2.75, 3.05) is 32.5 Å². The molecule has 1 aromatic rings. The highest BCUT2D eigenvalue weighted by molar-refractivity contribution is 5.94. The smallest absolute Gasteiger partial charge is 0.251 e. The van der Waals surface area contributed by atoms with E-state index in [9.17, 15) is 4.79 Å². The van der Waals surface area contributed by atoms with E-state index in [1.807, 2.05) is 12.2 Å². The first kappa shape index (κ1) is 19.6. The zero-order valence-corrected chi connectivity index (χ0v) is 16.4. The van der Waals surface area contributed by atoms with Crippen LogP contribution in [0.5, 0.6) is 0 Å². The molecule has 3 rings (SSSR count). The molecule has 5 nitrogen and oxygen atoms in total. The van der Waals surface area contributed by atoms with Gasteiger partial charge in [-0.05, 0) is 57.6 Å². The predicted octanol–water partition coefficient (Wildman–Crippen LogP) is 3.00. The summed E-state index contributed by atoms with van der Waals surface area (Å²) in [6.45, 7) is 4.49. The number of likely N-dealkylation sites (tertiary alicyclic amines) is 1. The molecule has 3 unspecified atom stereocenters. The van der Waals surface area contributed by atoms with Crippen LogP contribution in [0.3, 0.4) is 0 Å². The van der Waals surface area contributed by atoms with Gasteiger partial charge in [-0.1, -0.05) is 30.7 Å². The summed E-state index contributed by atoms with van der Waals surface area (Å²) in [5.41, 5.74) is 6.54. The fraction of sp³-hybridized carbons (Fsp3) is 0.500. The zero-order chi connectivity index (χ0) is 19.3. The zero-order valence-electron chi connectivity index (χ0n) is 16.4. The Morgan fingerprint density at radius 2 is 2.07 bits per heavy atom. The summed E-state index contributed by atoms with van der Waals surface area (Å²) in [7, 11) is 2.18. The van der Waals surface area contributed by atoms with Crippen LogP contribution in [0.4, 0.5) is 5.69 Å². The van der Waals surface area contributed by atoms with E-state index in [-0.39, 0.29) is 11.8 Å². The second-order valence-electron chi connectivity index (χ2n) is 7.81. The number of nitrogens with one attached hydrogen (secondary N) is 1. The van der Waals surface area contributed by atoms with Crippen LogP contribution < -0.4 is 11.1 Å². The summed E-state index contributed by atoms with van der Waals surface area (Å²) in [6, 6.07) is 7.45. The van der Waals surface area contributed by atoms with Gasteiger partial charge in [0, 0.05) is 29.8 Å². The number of carbonyl (C=O) groups excluding carboxylic acids is 1. The number of carbonyl (C=O) groups is 1. The monoisotopic (exact) mass is 369 g/mol. The highest BCUT2D eigenvalue weighted by Gasteiger charge is 2.34. The van der Waals surface area contributed by atoms with E-state index in [1.54, 1.807) is 24.3 Å². The predicted molar refractivity (Wildman–Crippen MR) is 110 cm³/mol. The molecule has 27 heavy (non-hydrogen) atoms. The van der Waals surface area contributed by atoms with Crippen molar-refractivity contribution in [3.8, 4) is 0 Å². The molecule has 1 fully saturated rings. The number of anilines is 1. The average molecular weight is 370 g/mol. The van der Waals surface area contributed by atoms with E-state index in [0.717, 1.165) is 6.54 Å². The van der Waals surface area contributed by atoms with Crippen LogP contribution in [0.1, 0.15) is 36.5 Å². The highest BCUT2D eigenvalue weighted by atomic mass is 16.5. The van der Waals surface area contributed by atoms with Crippen LogP contribution in [0.25, 0.3) is 0 Å². The molecule has 1 aliphatic heterocycles. The number of rotatable bonds is 6. The Bertz CT molecular complexity index is 698. The van der Waals surface area contributed by atoms with Crippen molar-refractivity contribution >= 4 is 11.6 Å². The maximum Gasteiger partial charge on any atom is 0.251 e. The number of ether oxygens (including phenoxy) is 1. The van der Waals surface area contributed by atoms with Gasteiger partial charge in [0.2, 0.25) is 0 Å². The number of nitrogens with zero attached hydrogens (tertiary/aromatic N) is 1. The number of hydrogen-bond acceptors (Lipinski definition) is 4. The molecule has 0 bridgehead atoms. The topological polar surface area (TPSA) is 67.6 Å². The molecule has 146 valence electrons. The van der Waals surface area contributed by atoms with E-state index in [1.165, 1.54) is 19.3 Å². The number of allylic oxidation sites excluding steroid dienone is 2. The Morgan fingerprint density at radius 1 is 1.30 bits per heavy atom.